The third-order valence-electron chi connectivity index (χ3n) is 2.54. The van der Waals surface area contributed by atoms with Crippen LogP contribution >= 0.6 is 0 Å². The highest BCUT2D eigenvalue weighted by atomic mass is 16.5. The molecular formula is C16H23NO2. The molecule has 0 aliphatic rings. The maximum absolute atomic E-state index is 5.88. The van der Waals surface area contributed by atoms with Gasteiger partial charge in [-0.25, -0.2) is 0 Å². The van der Waals surface area contributed by atoms with Gasteiger partial charge >= 0.3 is 0 Å². The van der Waals surface area contributed by atoms with E-state index in [2.05, 4.69) is 18.8 Å². The van der Waals surface area contributed by atoms with E-state index in [0.29, 0.717) is 13.2 Å². The van der Waals surface area contributed by atoms with Gasteiger partial charge in [0, 0.05) is 5.56 Å². The molecule has 0 aromatic heterocycles. The molecule has 3 heteroatoms. The Morgan fingerprint density at radius 2 is 1.79 bits per heavy atom. The van der Waals surface area contributed by atoms with Crippen molar-refractivity contribution >= 4 is 0 Å². The lowest BCUT2D eigenvalue weighted by Crippen LogP contribution is -2.16. The molecule has 2 N–H and O–H groups in total. The van der Waals surface area contributed by atoms with E-state index in [4.69, 9.17) is 15.2 Å². The highest BCUT2D eigenvalue weighted by Gasteiger charge is 2.05. The van der Waals surface area contributed by atoms with Gasteiger partial charge in [0.1, 0.15) is 0 Å². The summed E-state index contributed by atoms with van der Waals surface area (Å²) in [6.45, 7) is 7.23. The number of hydrogen-bond donors (Lipinski definition) is 1. The second kappa shape index (κ2) is 8.44. The summed E-state index contributed by atoms with van der Waals surface area (Å²) in [5, 5.41) is 0. The van der Waals surface area contributed by atoms with Crippen LogP contribution in [0, 0.1) is 11.8 Å². The van der Waals surface area contributed by atoms with Crippen molar-refractivity contribution in [1.82, 2.24) is 0 Å². The Morgan fingerprint density at radius 1 is 1.11 bits per heavy atom. The first-order valence-corrected chi connectivity index (χ1v) is 6.88. The van der Waals surface area contributed by atoms with Crippen LogP contribution in [0.1, 0.15) is 39.2 Å². The summed E-state index contributed by atoms with van der Waals surface area (Å²) in [6, 6.07) is 5.66. The molecule has 0 aliphatic heterocycles. The predicted octanol–water partition coefficient (Wildman–Crippen LogP) is 2.96. The third-order valence-corrected chi connectivity index (χ3v) is 2.54. The molecule has 0 radical (unpaired) electrons. The minimum atomic E-state index is -0.0629. The summed E-state index contributed by atoms with van der Waals surface area (Å²) in [7, 11) is 0. The standard InChI is InChI=1S/C16H23NO2/c1-4-7-14(17)10-8-13-9-11-15(18-5-2)16(12-13)19-6-3/h9,11-12,14H,4-7,17H2,1-3H3. The van der Waals surface area contributed by atoms with Gasteiger partial charge in [0.2, 0.25) is 0 Å². The normalized spacial score (nSPS) is 11.4. The van der Waals surface area contributed by atoms with Crippen molar-refractivity contribution in [1.29, 1.82) is 0 Å². The topological polar surface area (TPSA) is 44.5 Å². The fourth-order valence-electron chi connectivity index (χ4n) is 1.69. The number of ether oxygens (including phenoxy) is 2. The van der Waals surface area contributed by atoms with Crippen molar-refractivity contribution < 1.29 is 9.47 Å². The van der Waals surface area contributed by atoms with Gasteiger partial charge < -0.3 is 15.2 Å². The highest BCUT2D eigenvalue weighted by Crippen LogP contribution is 2.28. The van der Waals surface area contributed by atoms with Crippen LogP contribution < -0.4 is 15.2 Å². The first-order valence-electron chi connectivity index (χ1n) is 6.88. The van der Waals surface area contributed by atoms with Gasteiger partial charge in [0.15, 0.2) is 11.5 Å². The maximum atomic E-state index is 5.88. The predicted molar refractivity (Wildman–Crippen MR) is 78.5 cm³/mol. The lowest BCUT2D eigenvalue weighted by Gasteiger charge is -2.10. The van der Waals surface area contributed by atoms with Crippen molar-refractivity contribution in [3.63, 3.8) is 0 Å². The van der Waals surface area contributed by atoms with Gasteiger partial charge in [-0.15, -0.1) is 0 Å². The molecular weight excluding hydrogens is 238 g/mol. The second-order valence-electron chi connectivity index (χ2n) is 4.19. The van der Waals surface area contributed by atoms with Gasteiger partial charge in [-0.3, -0.25) is 0 Å². The van der Waals surface area contributed by atoms with Gasteiger partial charge in [-0.1, -0.05) is 25.2 Å². The zero-order valence-electron chi connectivity index (χ0n) is 12.0. The zero-order valence-corrected chi connectivity index (χ0v) is 12.0. The Labute approximate surface area is 116 Å². The molecule has 0 fully saturated rings. The van der Waals surface area contributed by atoms with E-state index in [9.17, 15) is 0 Å². The smallest absolute Gasteiger partial charge is 0.162 e. The van der Waals surface area contributed by atoms with E-state index >= 15 is 0 Å². The molecule has 0 spiro atoms. The second-order valence-corrected chi connectivity index (χ2v) is 4.19. The minimum absolute atomic E-state index is 0.0629. The number of hydrogen-bond acceptors (Lipinski definition) is 3. The van der Waals surface area contributed by atoms with E-state index in [1.165, 1.54) is 0 Å². The van der Waals surface area contributed by atoms with Crippen molar-refractivity contribution in [2.75, 3.05) is 13.2 Å². The summed E-state index contributed by atoms with van der Waals surface area (Å²) in [5.41, 5.74) is 6.78. The van der Waals surface area contributed by atoms with E-state index in [-0.39, 0.29) is 6.04 Å². The molecule has 1 aromatic carbocycles. The molecule has 1 aromatic rings. The molecule has 1 unspecified atom stereocenters. The van der Waals surface area contributed by atoms with Crippen LogP contribution in [-0.4, -0.2) is 19.3 Å². The Kier molecular flexibility index (Phi) is 6.84. The van der Waals surface area contributed by atoms with Crippen LogP contribution in [0.15, 0.2) is 18.2 Å². The number of rotatable bonds is 6. The van der Waals surface area contributed by atoms with Crippen molar-refractivity contribution in [2.24, 2.45) is 5.73 Å². The van der Waals surface area contributed by atoms with E-state index in [0.717, 1.165) is 29.9 Å². The van der Waals surface area contributed by atoms with Crippen LogP contribution in [0.4, 0.5) is 0 Å². The fraction of sp³-hybridized carbons (Fsp3) is 0.500. The molecule has 1 atom stereocenters. The fourth-order valence-corrected chi connectivity index (χ4v) is 1.69. The lowest BCUT2D eigenvalue weighted by atomic mass is 10.1. The van der Waals surface area contributed by atoms with Crippen molar-refractivity contribution in [2.45, 2.75) is 39.7 Å². The van der Waals surface area contributed by atoms with Crippen LogP contribution in [0.3, 0.4) is 0 Å². The van der Waals surface area contributed by atoms with Gasteiger partial charge in [0.25, 0.3) is 0 Å². The Morgan fingerprint density at radius 3 is 2.42 bits per heavy atom. The molecule has 0 amide bonds. The molecule has 0 aliphatic carbocycles. The Bertz CT molecular complexity index is 446. The van der Waals surface area contributed by atoms with Gasteiger partial charge in [-0.05, 0) is 38.5 Å². The van der Waals surface area contributed by atoms with E-state index in [1.807, 2.05) is 32.0 Å². The summed E-state index contributed by atoms with van der Waals surface area (Å²) in [5.74, 6) is 7.63. The molecule has 0 heterocycles. The Balaban J connectivity index is 2.88. The van der Waals surface area contributed by atoms with Crippen LogP contribution in [-0.2, 0) is 0 Å². The van der Waals surface area contributed by atoms with Crippen molar-refractivity contribution in [3.8, 4) is 23.3 Å². The zero-order chi connectivity index (χ0) is 14.1. The Hall–Kier alpha value is -1.66. The molecule has 1 rings (SSSR count). The summed E-state index contributed by atoms with van der Waals surface area (Å²) >= 11 is 0. The number of benzene rings is 1. The van der Waals surface area contributed by atoms with Crippen molar-refractivity contribution in [3.05, 3.63) is 23.8 Å². The highest BCUT2D eigenvalue weighted by molar-refractivity contribution is 5.48. The molecule has 3 nitrogen and oxygen atoms in total. The lowest BCUT2D eigenvalue weighted by molar-refractivity contribution is 0.287. The van der Waals surface area contributed by atoms with E-state index < -0.39 is 0 Å². The molecule has 19 heavy (non-hydrogen) atoms. The molecule has 0 saturated carbocycles. The van der Waals surface area contributed by atoms with E-state index in [1.54, 1.807) is 0 Å². The summed E-state index contributed by atoms with van der Waals surface area (Å²) in [6.07, 6.45) is 1.96. The number of nitrogens with two attached hydrogens (primary N) is 1. The quantitative estimate of drug-likeness (QED) is 0.801. The SMILES string of the molecule is CCCC(N)C#Cc1ccc(OCC)c(OCC)c1. The molecule has 0 bridgehead atoms. The third kappa shape index (κ3) is 5.23. The first-order chi connectivity index (χ1) is 9.21. The van der Waals surface area contributed by atoms with Crippen LogP contribution in [0.5, 0.6) is 11.5 Å². The maximum Gasteiger partial charge on any atom is 0.162 e. The largest absolute Gasteiger partial charge is 0.490 e. The van der Waals surface area contributed by atoms with Gasteiger partial charge in [-0.2, -0.15) is 0 Å². The van der Waals surface area contributed by atoms with Gasteiger partial charge in [0.05, 0.1) is 19.3 Å². The first kappa shape index (κ1) is 15.4. The van der Waals surface area contributed by atoms with Crippen LogP contribution in [0.2, 0.25) is 0 Å². The molecule has 0 saturated heterocycles. The molecule has 104 valence electrons. The average molecular weight is 261 g/mol. The monoisotopic (exact) mass is 261 g/mol. The minimum Gasteiger partial charge on any atom is -0.490 e. The average Bonchev–Trinajstić information content (AvgIpc) is 2.40. The summed E-state index contributed by atoms with van der Waals surface area (Å²) < 4.78 is 11.1. The summed E-state index contributed by atoms with van der Waals surface area (Å²) in [4.78, 5) is 0. The van der Waals surface area contributed by atoms with Crippen LogP contribution in [0.25, 0.3) is 0 Å².